The molecule has 6 heteroatoms. The Morgan fingerprint density at radius 2 is 2.35 bits per heavy atom. The smallest absolute Gasteiger partial charge is 0.228 e. The standard InChI is InChI=1S/C11H18N2O4/c1-7-4-13(5-9(6-14)17-7)11(16)8-2-10(15)12-3-8/h7-9,14H,2-6H2,1H3,(H,12,15). The van der Waals surface area contributed by atoms with Crippen LogP contribution >= 0.6 is 0 Å². The molecule has 6 nitrogen and oxygen atoms in total. The molecule has 17 heavy (non-hydrogen) atoms. The zero-order valence-corrected chi connectivity index (χ0v) is 9.89. The third kappa shape index (κ3) is 2.76. The van der Waals surface area contributed by atoms with Gasteiger partial charge >= 0.3 is 0 Å². The number of carbonyl (C=O) groups is 2. The second-order valence-corrected chi connectivity index (χ2v) is 4.70. The number of carbonyl (C=O) groups excluding carboxylic acids is 2. The van der Waals surface area contributed by atoms with E-state index >= 15 is 0 Å². The topological polar surface area (TPSA) is 78.9 Å². The summed E-state index contributed by atoms with van der Waals surface area (Å²) in [5.41, 5.74) is 0. The Kier molecular flexibility index (Phi) is 3.63. The first kappa shape index (κ1) is 12.3. The summed E-state index contributed by atoms with van der Waals surface area (Å²) in [6.45, 7) is 3.15. The summed E-state index contributed by atoms with van der Waals surface area (Å²) in [7, 11) is 0. The van der Waals surface area contributed by atoms with Crippen LogP contribution in [0.4, 0.5) is 0 Å². The van der Waals surface area contributed by atoms with Gasteiger partial charge in [0.2, 0.25) is 11.8 Å². The zero-order chi connectivity index (χ0) is 12.4. The molecule has 2 saturated heterocycles. The molecular weight excluding hydrogens is 224 g/mol. The van der Waals surface area contributed by atoms with Crippen LogP contribution in [0.2, 0.25) is 0 Å². The van der Waals surface area contributed by atoms with E-state index in [1.807, 2.05) is 6.92 Å². The Labute approximate surface area is 99.9 Å². The van der Waals surface area contributed by atoms with E-state index < -0.39 is 0 Å². The average molecular weight is 242 g/mol. The summed E-state index contributed by atoms with van der Waals surface area (Å²) in [6, 6.07) is 0. The molecule has 0 aliphatic carbocycles. The van der Waals surface area contributed by atoms with Crippen LogP contribution < -0.4 is 5.32 Å². The average Bonchev–Trinajstić information content (AvgIpc) is 2.74. The summed E-state index contributed by atoms with van der Waals surface area (Å²) in [6.07, 6.45) is -0.114. The summed E-state index contributed by atoms with van der Waals surface area (Å²) < 4.78 is 5.47. The van der Waals surface area contributed by atoms with E-state index in [9.17, 15) is 9.59 Å². The van der Waals surface area contributed by atoms with E-state index in [1.54, 1.807) is 4.90 Å². The summed E-state index contributed by atoms with van der Waals surface area (Å²) in [5.74, 6) is -0.340. The lowest BCUT2D eigenvalue weighted by molar-refractivity contribution is -0.150. The summed E-state index contributed by atoms with van der Waals surface area (Å²) in [4.78, 5) is 24.9. The number of aliphatic hydroxyl groups excluding tert-OH is 1. The van der Waals surface area contributed by atoms with Gasteiger partial charge in [-0.25, -0.2) is 0 Å². The normalized spacial score (nSPS) is 33.6. The second kappa shape index (κ2) is 5.01. The number of hydrogen-bond donors (Lipinski definition) is 2. The van der Waals surface area contributed by atoms with Gasteiger partial charge in [0, 0.05) is 26.1 Å². The lowest BCUT2D eigenvalue weighted by Crippen LogP contribution is -2.52. The minimum atomic E-state index is -0.312. The molecule has 3 unspecified atom stereocenters. The molecule has 2 amide bonds. The Morgan fingerprint density at radius 1 is 1.59 bits per heavy atom. The summed E-state index contributed by atoms with van der Waals surface area (Å²) >= 11 is 0. The largest absolute Gasteiger partial charge is 0.394 e. The Morgan fingerprint density at radius 3 is 2.94 bits per heavy atom. The van der Waals surface area contributed by atoms with Crippen LogP contribution in [0, 0.1) is 5.92 Å². The SMILES string of the molecule is CC1CN(C(=O)C2CNC(=O)C2)CC(CO)O1. The molecule has 2 heterocycles. The molecule has 2 N–H and O–H groups in total. The van der Waals surface area contributed by atoms with Crippen molar-refractivity contribution < 1.29 is 19.4 Å². The highest BCUT2D eigenvalue weighted by Crippen LogP contribution is 2.17. The highest BCUT2D eigenvalue weighted by Gasteiger charge is 2.35. The first-order valence-electron chi connectivity index (χ1n) is 5.92. The molecule has 3 atom stereocenters. The van der Waals surface area contributed by atoms with Crippen molar-refractivity contribution in [3.05, 3.63) is 0 Å². The highest BCUT2D eigenvalue weighted by atomic mass is 16.5. The minimum Gasteiger partial charge on any atom is -0.394 e. The molecule has 2 rings (SSSR count). The van der Waals surface area contributed by atoms with E-state index in [2.05, 4.69) is 5.32 Å². The molecule has 0 radical (unpaired) electrons. The van der Waals surface area contributed by atoms with Gasteiger partial charge in [-0.2, -0.15) is 0 Å². The monoisotopic (exact) mass is 242 g/mol. The van der Waals surface area contributed by atoms with E-state index in [0.717, 1.165) is 0 Å². The molecule has 96 valence electrons. The fraction of sp³-hybridized carbons (Fsp3) is 0.818. The lowest BCUT2D eigenvalue weighted by Gasteiger charge is -2.37. The molecule has 2 aliphatic rings. The number of amides is 2. The van der Waals surface area contributed by atoms with Gasteiger partial charge in [-0.05, 0) is 6.92 Å². The number of nitrogens with zero attached hydrogens (tertiary/aromatic N) is 1. The van der Waals surface area contributed by atoms with Gasteiger partial charge in [0.15, 0.2) is 0 Å². The number of morpholine rings is 1. The minimum absolute atomic E-state index is 0.0167. The van der Waals surface area contributed by atoms with Crippen molar-refractivity contribution in [2.45, 2.75) is 25.6 Å². The number of ether oxygens (including phenoxy) is 1. The first-order chi connectivity index (χ1) is 8.10. The Hall–Kier alpha value is -1.14. The quantitative estimate of drug-likeness (QED) is 0.633. The maximum absolute atomic E-state index is 12.1. The van der Waals surface area contributed by atoms with Gasteiger partial charge < -0.3 is 20.1 Å². The van der Waals surface area contributed by atoms with E-state index in [-0.39, 0.29) is 43.0 Å². The predicted octanol–water partition coefficient (Wildman–Crippen LogP) is -1.27. The molecule has 0 saturated carbocycles. The van der Waals surface area contributed by atoms with Gasteiger partial charge in [-0.15, -0.1) is 0 Å². The van der Waals surface area contributed by atoms with Crippen molar-refractivity contribution >= 4 is 11.8 Å². The van der Waals surface area contributed by atoms with Crippen LogP contribution in [-0.4, -0.2) is 60.3 Å². The fourth-order valence-electron chi connectivity index (χ4n) is 2.36. The van der Waals surface area contributed by atoms with Crippen molar-refractivity contribution in [1.29, 1.82) is 0 Å². The van der Waals surface area contributed by atoms with Crippen LogP contribution in [0.3, 0.4) is 0 Å². The Bertz CT molecular complexity index is 321. The van der Waals surface area contributed by atoms with Gasteiger partial charge in [0.05, 0.1) is 24.7 Å². The van der Waals surface area contributed by atoms with Crippen LogP contribution in [0.1, 0.15) is 13.3 Å². The van der Waals surface area contributed by atoms with Crippen LogP contribution in [-0.2, 0) is 14.3 Å². The Balaban J connectivity index is 1.96. The third-order valence-electron chi connectivity index (χ3n) is 3.17. The number of hydrogen-bond acceptors (Lipinski definition) is 4. The van der Waals surface area contributed by atoms with E-state index in [1.165, 1.54) is 0 Å². The second-order valence-electron chi connectivity index (χ2n) is 4.70. The van der Waals surface area contributed by atoms with Crippen LogP contribution in [0.25, 0.3) is 0 Å². The van der Waals surface area contributed by atoms with E-state index in [0.29, 0.717) is 19.6 Å². The molecule has 0 aromatic heterocycles. The van der Waals surface area contributed by atoms with Gasteiger partial charge in [-0.1, -0.05) is 0 Å². The van der Waals surface area contributed by atoms with Gasteiger partial charge in [0.1, 0.15) is 0 Å². The number of nitrogens with one attached hydrogen (secondary N) is 1. The van der Waals surface area contributed by atoms with Crippen LogP contribution in [0.15, 0.2) is 0 Å². The highest BCUT2D eigenvalue weighted by molar-refractivity contribution is 5.89. The lowest BCUT2D eigenvalue weighted by atomic mass is 10.1. The number of rotatable bonds is 2. The van der Waals surface area contributed by atoms with Gasteiger partial charge in [-0.3, -0.25) is 9.59 Å². The van der Waals surface area contributed by atoms with Gasteiger partial charge in [0.25, 0.3) is 0 Å². The maximum atomic E-state index is 12.1. The van der Waals surface area contributed by atoms with Crippen LogP contribution in [0.5, 0.6) is 0 Å². The third-order valence-corrected chi connectivity index (χ3v) is 3.17. The maximum Gasteiger partial charge on any atom is 0.228 e. The molecular formula is C11H18N2O4. The molecule has 2 fully saturated rings. The van der Waals surface area contributed by atoms with Crippen molar-refractivity contribution in [3.63, 3.8) is 0 Å². The summed E-state index contributed by atoms with van der Waals surface area (Å²) in [5, 5.41) is 11.7. The zero-order valence-electron chi connectivity index (χ0n) is 9.89. The molecule has 0 bridgehead atoms. The molecule has 2 aliphatic heterocycles. The van der Waals surface area contributed by atoms with Crippen molar-refractivity contribution in [2.24, 2.45) is 5.92 Å². The number of aliphatic hydroxyl groups is 1. The fourth-order valence-corrected chi connectivity index (χ4v) is 2.36. The van der Waals surface area contributed by atoms with Crippen molar-refractivity contribution in [2.75, 3.05) is 26.2 Å². The first-order valence-corrected chi connectivity index (χ1v) is 5.92. The predicted molar refractivity (Wildman–Crippen MR) is 59.1 cm³/mol. The van der Waals surface area contributed by atoms with Crippen molar-refractivity contribution in [3.8, 4) is 0 Å². The van der Waals surface area contributed by atoms with E-state index in [4.69, 9.17) is 9.84 Å². The van der Waals surface area contributed by atoms with Crippen molar-refractivity contribution in [1.82, 2.24) is 10.2 Å². The molecule has 0 aromatic carbocycles. The molecule has 0 spiro atoms. The molecule has 0 aromatic rings.